The van der Waals surface area contributed by atoms with Gasteiger partial charge in [-0.25, -0.2) is 0 Å². The molecule has 0 unspecified atom stereocenters. The van der Waals surface area contributed by atoms with Crippen LogP contribution < -0.4 is 5.32 Å². The molecule has 0 aliphatic carbocycles. The van der Waals surface area contributed by atoms with Crippen molar-refractivity contribution in [3.05, 3.63) is 57.4 Å². The topological polar surface area (TPSA) is 85.4 Å². The molecule has 2 aromatic rings. The highest BCUT2D eigenvalue weighted by Crippen LogP contribution is 2.24. The smallest absolute Gasteiger partial charge is 0.324 e. The number of amides is 1. The van der Waals surface area contributed by atoms with E-state index < -0.39 is 4.92 Å². The third-order valence-corrected chi connectivity index (χ3v) is 3.21. The van der Waals surface area contributed by atoms with Crippen LogP contribution in [0.1, 0.15) is 10.6 Å². The Morgan fingerprint density at radius 1 is 1.47 bits per heavy atom. The molecule has 0 aliphatic rings. The summed E-state index contributed by atoms with van der Waals surface area (Å²) in [6.45, 7) is 0.306. The van der Waals surface area contributed by atoms with Gasteiger partial charge in [0.15, 0.2) is 0 Å². The highest BCUT2D eigenvalue weighted by molar-refractivity contribution is 7.16. The average molecular weight is 278 g/mol. The van der Waals surface area contributed by atoms with Crippen LogP contribution in [0, 0.1) is 10.1 Å². The minimum atomic E-state index is -0.459. The number of hydrogen-bond donors (Lipinski definition) is 1. The Bertz CT molecular complexity index is 601. The molecule has 2 aromatic heterocycles. The predicted molar refractivity (Wildman–Crippen MR) is 70.6 cm³/mol. The van der Waals surface area contributed by atoms with Gasteiger partial charge >= 0.3 is 5.00 Å². The van der Waals surface area contributed by atoms with Gasteiger partial charge in [0.1, 0.15) is 5.76 Å². The minimum absolute atomic E-state index is 0.0515. The van der Waals surface area contributed by atoms with Crippen molar-refractivity contribution in [3.63, 3.8) is 0 Å². The molecule has 19 heavy (non-hydrogen) atoms. The van der Waals surface area contributed by atoms with Crippen molar-refractivity contribution >= 4 is 28.3 Å². The fraction of sp³-hybridized carbons (Fsp3) is 0.0833. The summed E-state index contributed by atoms with van der Waals surface area (Å²) in [5, 5.41) is 13.2. The van der Waals surface area contributed by atoms with E-state index in [0.717, 1.165) is 11.3 Å². The molecule has 1 amide bonds. The van der Waals surface area contributed by atoms with Gasteiger partial charge in [-0.1, -0.05) is 11.3 Å². The van der Waals surface area contributed by atoms with Gasteiger partial charge in [-0.05, 0) is 24.3 Å². The van der Waals surface area contributed by atoms with E-state index in [1.807, 2.05) is 0 Å². The summed E-state index contributed by atoms with van der Waals surface area (Å²) in [5.41, 5.74) is 0. The van der Waals surface area contributed by atoms with Crippen molar-refractivity contribution in [2.45, 2.75) is 6.54 Å². The van der Waals surface area contributed by atoms with Crippen LogP contribution in [0.5, 0.6) is 0 Å². The molecule has 0 aliphatic heterocycles. The number of nitro groups is 1. The quantitative estimate of drug-likeness (QED) is 0.517. The number of furan rings is 1. The van der Waals surface area contributed by atoms with Gasteiger partial charge in [-0.3, -0.25) is 14.9 Å². The van der Waals surface area contributed by atoms with E-state index in [0.29, 0.717) is 17.2 Å². The largest absolute Gasteiger partial charge is 0.467 e. The Kier molecular flexibility index (Phi) is 4.09. The highest BCUT2D eigenvalue weighted by Gasteiger charge is 2.07. The normalized spacial score (nSPS) is 10.7. The van der Waals surface area contributed by atoms with E-state index in [9.17, 15) is 14.9 Å². The van der Waals surface area contributed by atoms with E-state index in [4.69, 9.17) is 4.42 Å². The van der Waals surface area contributed by atoms with E-state index in [2.05, 4.69) is 5.32 Å². The average Bonchev–Trinajstić information content (AvgIpc) is 3.05. The Hall–Kier alpha value is -2.41. The van der Waals surface area contributed by atoms with Gasteiger partial charge in [0.2, 0.25) is 5.91 Å². The van der Waals surface area contributed by atoms with Crippen molar-refractivity contribution in [1.29, 1.82) is 0 Å². The summed E-state index contributed by atoms with van der Waals surface area (Å²) in [5.74, 6) is 0.376. The summed E-state index contributed by atoms with van der Waals surface area (Å²) in [6.07, 6.45) is 4.40. The summed E-state index contributed by atoms with van der Waals surface area (Å²) < 4.78 is 5.06. The maximum atomic E-state index is 11.5. The fourth-order valence-electron chi connectivity index (χ4n) is 1.33. The Balaban J connectivity index is 1.87. The van der Waals surface area contributed by atoms with Crippen LogP contribution in [0.4, 0.5) is 5.00 Å². The first-order valence-electron chi connectivity index (χ1n) is 5.37. The minimum Gasteiger partial charge on any atom is -0.467 e. The standard InChI is InChI=1S/C12H10N2O4S/c15-11(13-8-9-2-1-7-18-9)5-3-10-4-6-12(19-10)14(16)17/h1-7H,8H2,(H,13,15)/b5-3+. The number of rotatable bonds is 5. The maximum absolute atomic E-state index is 11.5. The first kappa shape index (κ1) is 13.0. The monoisotopic (exact) mass is 278 g/mol. The molecule has 0 saturated heterocycles. The van der Waals surface area contributed by atoms with Gasteiger partial charge in [-0.2, -0.15) is 0 Å². The lowest BCUT2D eigenvalue weighted by Gasteiger charge is -1.97. The number of nitrogens with one attached hydrogen (secondary N) is 1. The molecule has 0 atom stereocenters. The molecule has 0 saturated carbocycles. The first-order chi connectivity index (χ1) is 9.15. The van der Waals surface area contributed by atoms with E-state index in [-0.39, 0.29) is 10.9 Å². The lowest BCUT2D eigenvalue weighted by Crippen LogP contribution is -2.19. The lowest BCUT2D eigenvalue weighted by molar-refractivity contribution is -0.380. The third kappa shape index (κ3) is 3.78. The maximum Gasteiger partial charge on any atom is 0.324 e. The molecule has 2 rings (SSSR count). The molecular weight excluding hydrogens is 268 g/mol. The van der Waals surface area contributed by atoms with Gasteiger partial charge in [0.05, 0.1) is 17.7 Å². The molecule has 7 heteroatoms. The van der Waals surface area contributed by atoms with E-state index >= 15 is 0 Å². The van der Waals surface area contributed by atoms with Crippen molar-refractivity contribution < 1.29 is 14.1 Å². The second-order valence-corrected chi connectivity index (χ2v) is 4.66. The van der Waals surface area contributed by atoms with Gasteiger partial charge < -0.3 is 9.73 Å². The summed E-state index contributed by atoms with van der Waals surface area (Å²) >= 11 is 1.01. The summed E-state index contributed by atoms with van der Waals surface area (Å²) in [7, 11) is 0. The van der Waals surface area contributed by atoms with Gasteiger partial charge in [0.25, 0.3) is 0 Å². The van der Waals surface area contributed by atoms with Gasteiger partial charge in [0, 0.05) is 17.0 Å². The molecule has 0 aromatic carbocycles. The molecule has 0 fully saturated rings. The van der Waals surface area contributed by atoms with E-state index in [1.54, 1.807) is 18.2 Å². The Morgan fingerprint density at radius 3 is 2.95 bits per heavy atom. The zero-order chi connectivity index (χ0) is 13.7. The van der Waals surface area contributed by atoms with Crippen LogP contribution in [0.15, 0.2) is 41.0 Å². The van der Waals surface area contributed by atoms with Crippen molar-refractivity contribution in [3.8, 4) is 0 Å². The lowest BCUT2D eigenvalue weighted by atomic mass is 10.4. The Morgan fingerprint density at radius 2 is 2.32 bits per heavy atom. The van der Waals surface area contributed by atoms with E-state index in [1.165, 1.54) is 24.5 Å². The predicted octanol–water partition coefficient (Wildman–Crippen LogP) is 2.58. The molecule has 6 nitrogen and oxygen atoms in total. The first-order valence-corrected chi connectivity index (χ1v) is 6.19. The zero-order valence-corrected chi connectivity index (χ0v) is 10.6. The van der Waals surface area contributed by atoms with Crippen LogP contribution in [0.3, 0.4) is 0 Å². The van der Waals surface area contributed by atoms with Crippen LogP contribution in [0.2, 0.25) is 0 Å². The van der Waals surface area contributed by atoms with Crippen molar-refractivity contribution in [2.24, 2.45) is 0 Å². The molecule has 0 radical (unpaired) electrons. The Labute approximate surface area is 112 Å². The number of carbonyl (C=O) groups excluding carboxylic acids is 1. The third-order valence-electron chi connectivity index (χ3n) is 2.21. The molecule has 1 N–H and O–H groups in total. The van der Waals surface area contributed by atoms with Crippen molar-refractivity contribution in [2.75, 3.05) is 0 Å². The summed E-state index contributed by atoms with van der Waals surface area (Å²) in [6, 6.07) is 6.50. The van der Waals surface area contributed by atoms with Crippen LogP contribution >= 0.6 is 11.3 Å². The fourth-order valence-corrected chi connectivity index (χ4v) is 2.06. The van der Waals surface area contributed by atoms with Crippen LogP contribution in [0.25, 0.3) is 6.08 Å². The number of thiophene rings is 1. The van der Waals surface area contributed by atoms with Crippen LogP contribution in [-0.4, -0.2) is 10.8 Å². The molecule has 0 bridgehead atoms. The number of carbonyl (C=O) groups is 1. The highest BCUT2D eigenvalue weighted by atomic mass is 32.1. The molecular formula is C12H10N2O4S. The van der Waals surface area contributed by atoms with Crippen molar-refractivity contribution in [1.82, 2.24) is 5.32 Å². The SMILES string of the molecule is O=C(/C=C/c1ccc([N+](=O)[O-])s1)NCc1ccco1. The summed E-state index contributed by atoms with van der Waals surface area (Å²) in [4.78, 5) is 22.2. The second-order valence-electron chi connectivity index (χ2n) is 3.56. The zero-order valence-electron chi connectivity index (χ0n) is 9.74. The second kappa shape index (κ2) is 5.96. The number of hydrogen-bond acceptors (Lipinski definition) is 5. The van der Waals surface area contributed by atoms with Crippen LogP contribution in [-0.2, 0) is 11.3 Å². The molecule has 2 heterocycles. The molecule has 0 spiro atoms. The van der Waals surface area contributed by atoms with Gasteiger partial charge in [-0.15, -0.1) is 0 Å². The molecule has 98 valence electrons. The number of nitrogens with zero attached hydrogens (tertiary/aromatic N) is 1.